The average Bonchev–Trinajstić information content (AvgIpc) is 3.24. The van der Waals surface area contributed by atoms with Gasteiger partial charge in [-0.05, 0) is 60.5 Å². The molecule has 0 saturated carbocycles. The number of amides is 1. The van der Waals surface area contributed by atoms with Gasteiger partial charge in [0.2, 0.25) is 0 Å². The molecule has 1 aromatic heterocycles. The predicted octanol–water partition coefficient (Wildman–Crippen LogP) is 4.01. The highest BCUT2D eigenvalue weighted by molar-refractivity contribution is 9.10. The normalized spacial score (nSPS) is 20.5. The Hall–Kier alpha value is -2.60. The molecule has 26 heavy (non-hydrogen) atoms. The maximum Gasteiger partial charge on any atom is 0.252 e. The first-order valence-corrected chi connectivity index (χ1v) is 9.14. The minimum Gasteiger partial charge on any atom is -0.384 e. The fourth-order valence-electron chi connectivity index (χ4n) is 3.26. The molecule has 2 heterocycles. The first-order valence-electron chi connectivity index (χ1n) is 8.35. The van der Waals surface area contributed by atoms with Crippen molar-refractivity contribution in [2.45, 2.75) is 13.0 Å². The monoisotopic (exact) mass is 413 g/mol. The Morgan fingerprint density at radius 2 is 2.19 bits per heavy atom. The van der Waals surface area contributed by atoms with Gasteiger partial charge in [0, 0.05) is 45.8 Å². The number of hydrogen-bond acceptors (Lipinski definition) is 2. The summed E-state index contributed by atoms with van der Waals surface area (Å²) in [6.07, 6.45) is 8.33. The maximum absolute atomic E-state index is 13.4. The fourth-order valence-corrected chi connectivity index (χ4v) is 3.65. The van der Waals surface area contributed by atoms with Crippen LogP contribution in [0.15, 0.2) is 70.1 Å². The molecule has 3 N–H and O–H groups in total. The second-order valence-electron chi connectivity index (χ2n) is 6.34. The van der Waals surface area contributed by atoms with E-state index >= 15 is 0 Å². The van der Waals surface area contributed by atoms with Crippen molar-refractivity contribution in [3.8, 4) is 0 Å². The maximum atomic E-state index is 13.4. The highest BCUT2D eigenvalue weighted by Gasteiger charge is 2.34. The average molecular weight is 414 g/mol. The lowest BCUT2D eigenvalue weighted by atomic mass is 9.90. The van der Waals surface area contributed by atoms with Crippen molar-refractivity contribution in [2.75, 3.05) is 0 Å². The molecule has 1 aromatic carbocycles. The Bertz CT molecular complexity index is 944. The molecule has 6 heteroatoms. The first kappa shape index (κ1) is 16.8. The molecular formula is C20H17BrFN3O. The van der Waals surface area contributed by atoms with Crippen LogP contribution in [-0.4, -0.2) is 10.9 Å². The van der Waals surface area contributed by atoms with Gasteiger partial charge in [0.05, 0.1) is 0 Å². The second kappa shape index (κ2) is 6.96. The molecule has 0 bridgehead atoms. The van der Waals surface area contributed by atoms with Gasteiger partial charge in [0.25, 0.3) is 5.91 Å². The Morgan fingerprint density at radius 1 is 1.31 bits per heavy atom. The van der Waals surface area contributed by atoms with Crippen molar-refractivity contribution in [1.82, 2.24) is 15.6 Å². The van der Waals surface area contributed by atoms with E-state index in [1.54, 1.807) is 6.07 Å². The fraction of sp³-hybridized carbons (Fsp3) is 0.150. The number of aromatic amines is 1. The van der Waals surface area contributed by atoms with Gasteiger partial charge in [-0.2, -0.15) is 0 Å². The van der Waals surface area contributed by atoms with Crippen LogP contribution in [0.1, 0.15) is 17.7 Å². The number of carbonyl (C=O) groups is 1. The lowest BCUT2D eigenvalue weighted by molar-refractivity contribution is -0.115. The van der Waals surface area contributed by atoms with E-state index in [4.69, 9.17) is 0 Å². The van der Waals surface area contributed by atoms with E-state index in [-0.39, 0.29) is 17.6 Å². The molecule has 4 nitrogen and oxygen atoms in total. The summed E-state index contributed by atoms with van der Waals surface area (Å²) in [5.74, 6) is -0.306. The summed E-state index contributed by atoms with van der Waals surface area (Å²) in [5, 5.41) is 6.30. The number of carbonyl (C=O) groups excluding carboxylic acids is 1. The summed E-state index contributed by atoms with van der Waals surface area (Å²) in [4.78, 5) is 15.4. The van der Waals surface area contributed by atoms with Gasteiger partial charge in [-0.1, -0.05) is 15.9 Å². The number of benzene rings is 1. The number of hydrogen-bond donors (Lipinski definition) is 3. The van der Waals surface area contributed by atoms with E-state index in [1.165, 1.54) is 12.1 Å². The molecule has 1 saturated heterocycles. The first-order chi connectivity index (χ1) is 12.6. The van der Waals surface area contributed by atoms with Crippen molar-refractivity contribution in [2.24, 2.45) is 5.92 Å². The number of rotatable bonds is 4. The lowest BCUT2D eigenvalue weighted by Crippen LogP contribution is -2.20. The number of fused-ring (bicyclic) bond motifs is 1. The molecule has 2 aliphatic rings. The second-order valence-corrected chi connectivity index (χ2v) is 7.19. The topological polar surface area (TPSA) is 56.9 Å². The Morgan fingerprint density at radius 3 is 3.00 bits per heavy atom. The van der Waals surface area contributed by atoms with Gasteiger partial charge in [-0.3, -0.25) is 4.79 Å². The zero-order valence-corrected chi connectivity index (χ0v) is 15.4. The van der Waals surface area contributed by atoms with Gasteiger partial charge in [0.15, 0.2) is 0 Å². The molecule has 1 atom stereocenters. The van der Waals surface area contributed by atoms with Crippen LogP contribution in [0.2, 0.25) is 0 Å². The van der Waals surface area contributed by atoms with Crippen LogP contribution in [0, 0.1) is 11.7 Å². The minimum absolute atomic E-state index is 0.00856. The van der Waals surface area contributed by atoms with Crippen LogP contribution >= 0.6 is 15.9 Å². The molecule has 0 radical (unpaired) electrons. The van der Waals surface area contributed by atoms with E-state index < -0.39 is 0 Å². The molecule has 132 valence electrons. The summed E-state index contributed by atoms with van der Waals surface area (Å²) in [6, 6.07) is 8.48. The molecule has 1 aliphatic carbocycles. The zero-order chi connectivity index (χ0) is 18.1. The quantitative estimate of drug-likeness (QED) is 0.663. The Balaban J connectivity index is 1.50. The number of allylic oxidation sites excluding steroid dienone is 4. The number of halogens is 2. The highest BCUT2D eigenvalue weighted by Crippen LogP contribution is 2.35. The third-order valence-corrected chi connectivity index (χ3v) is 5.38. The highest BCUT2D eigenvalue weighted by atomic mass is 79.9. The van der Waals surface area contributed by atoms with E-state index in [2.05, 4.69) is 31.5 Å². The lowest BCUT2D eigenvalue weighted by Gasteiger charge is -2.20. The van der Waals surface area contributed by atoms with E-state index in [9.17, 15) is 9.18 Å². The number of H-pyrrole nitrogens is 1. The van der Waals surface area contributed by atoms with E-state index in [1.807, 2.05) is 36.6 Å². The third-order valence-electron chi connectivity index (χ3n) is 4.61. The summed E-state index contributed by atoms with van der Waals surface area (Å²) in [5.41, 5.74) is 4.44. The van der Waals surface area contributed by atoms with Crippen molar-refractivity contribution < 1.29 is 9.18 Å². The van der Waals surface area contributed by atoms with Gasteiger partial charge < -0.3 is 15.6 Å². The number of nitrogens with one attached hydrogen (secondary N) is 3. The van der Waals surface area contributed by atoms with Gasteiger partial charge in [-0.25, -0.2) is 4.39 Å². The predicted molar refractivity (Wildman–Crippen MR) is 102 cm³/mol. The van der Waals surface area contributed by atoms with Crippen LogP contribution < -0.4 is 10.6 Å². The zero-order valence-electron chi connectivity index (χ0n) is 13.9. The summed E-state index contributed by atoms with van der Waals surface area (Å²) in [7, 11) is 0. The molecule has 1 unspecified atom stereocenters. The van der Waals surface area contributed by atoms with Crippen LogP contribution in [0.5, 0.6) is 0 Å². The molecule has 1 fully saturated rings. The third kappa shape index (κ3) is 3.37. The smallest absolute Gasteiger partial charge is 0.252 e. The SMILES string of the molecule is O=C1NC2=CC=C(NCc3cc(F)ccc3Br)CC2/C1=C/c1ccc[nH]1. The van der Waals surface area contributed by atoms with Crippen molar-refractivity contribution in [3.63, 3.8) is 0 Å². The van der Waals surface area contributed by atoms with Gasteiger partial charge >= 0.3 is 0 Å². The molecule has 1 aliphatic heterocycles. The summed E-state index contributed by atoms with van der Waals surface area (Å²) >= 11 is 3.45. The Labute approximate surface area is 159 Å². The van der Waals surface area contributed by atoms with Crippen LogP contribution in [0.25, 0.3) is 6.08 Å². The number of aromatic nitrogens is 1. The summed E-state index contributed by atoms with van der Waals surface area (Å²) < 4.78 is 14.3. The van der Waals surface area contributed by atoms with E-state index in [0.717, 1.165) is 32.7 Å². The van der Waals surface area contributed by atoms with Crippen molar-refractivity contribution in [3.05, 3.63) is 87.2 Å². The van der Waals surface area contributed by atoms with E-state index in [0.29, 0.717) is 13.0 Å². The van der Waals surface area contributed by atoms with Crippen LogP contribution in [0.3, 0.4) is 0 Å². The molecule has 4 rings (SSSR count). The molecule has 0 spiro atoms. The minimum atomic E-state index is -0.258. The largest absolute Gasteiger partial charge is 0.384 e. The van der Waals surface area contributed by atoms with Crippen molar-refractivity contribution in [1.29, 1.82) is 0 Å². The Kier molecular flexibility index (Phi) is 4.51. The summed E-state index contributed by atoms with van der Waals surface area (Å²) in [6.45, 7) is 0.511. The molecule has 1 amide bonds. The van der Waals surface area contributed by atoms with Crippen LogP contribution in [-0.2, 0) is 11.3 Å². The standard InChI is InChI=1S/C20H17BrFN3O/c21-18-5-3-13(22)8-12(18)11-24-15-4-6-19-16(9-15)17(20(26)25-19)10-14-2-1-7-23-14/h1-8,10,16,23-24H,9,11H2,(H,25,26)/b17-10-. The molecule has 2 aromatic rings. The van der Waals surface area contributed by atoms with Crippen LogP contribution in [0.4, 0.5) is 4.39 Å². The molecular weight excluding hydrogens is 397 g/mol. The van der Waals surface area contributed by atoms with Crippen molar-refractivity contribution >= 4 is 27.9 Å². The van der Waals surface area contributed by atoms with Gasteiger partial charge in [-0.15, -0.1) is 0 Å². The van der Waals surface area contributed by atoms with Gasteiger partial charge in [0.1, 0.15) is 5.82 Å².